The number of hydrogen-bond acceptors (Lipinski definition) is 3. The summed E-state index contributed by atoms with van der Waals surface area (Å²) in [6.45, 7) is 6.23. The molecule has 1 rings (SSSR count). The molecule has 2 nitrogen and oxygen atoms in total. The number of methoxy groups -OCH3 is 2. The summed E-state index contributed by atoms with van der Waals surface area (Å²) in [4.78, 5) is 0. The molecule has 1 aliphatic rings. The van der Waals surface area contributed by atoms with Crippen LogP contribution >= 0.6 is 11.8 Å². The standard InChI is InChI=1S/C6H14O2.C5H10S/c1-5-6(2,7-3)8-4;1-5-3-2-4-6-5/h5H2,1-4H3;5H,2-4H2,1H3. The molecule has 3 heteroatoms. The van der Waals surface area contributed by atoms with Gasteiger partial charge in [-0.3, -0.25) is 0 Å². The lowest BCUT2D eigenvalue weighted by Gasteiger charge is -2.23. The van der Waals surface area contributed by atoms with Crippen LogP contribution in [0.5, 0.6) is 0 Å². The normalized spacial score (nSPS) is 21.6. The molecule has 1 aliphatic heterocycles. The zero-order valence-corrected chi connectivity index (χ0v) is 10.9. The van der Waals surface area contributed by atoms with Crippen molar-refractivity contribution < 1.29 is 9.47 Å². The van der Waals surface area contributed by atoms with Crippen LogP contribution in [0.3, 0.4) is 0 Å². The molecule has 0 spiro atoms. The Kier molecular flexibility index (Phi) is 7.69. The van der Waals surface area contributed by atoms with Gasteiger partial charge in [0.2, 0.25) is 0 Å². The number of thioether (sulfide) groups is 1. The first-order chi connectivity index (χ1) is 6.58. The minimum absolute atomic E-state index is 0.375. The second-order valence-corrected chi connectivity index (χ2v) is 5.27. The molecule has 0 amide bonds. The minimum Gasteiger partial charge on any atom is -0.353 e. The summed E-state index contributed by atoms with van der Waals surface area (Å²) in [5.41, 5.74) is 0. The molecule has 0 aromatic heterocycles. The van der Waals surface area contributed by atoms with Crippen LogP contribution in [0, 0.1) is 0 Å². The van der Waals surface area contributed by atoms with Gasteiger partial charge in [0.1, 0.15) is 0 Å². The van der Waals surface area contributed by atoms with Crippen molar-refractivity contribution in [3.05, 3.63) is 0 Å². The quantitative estimate of drug-likeness (QED) is 0.680. The molecule has 0 aromatic rings. The van der Waals surface area contributed by atoms with Crippen LogP contribution in [-0.2, 0) is 9.47 Å². The molecule has 0 N–H and O–H groups in total. The summed E-state index contributed by atoms with van der Waals surface area (Å²) < 4.78 is 10.0. The van der Waals surface area contributed by atoms with Crippen molar-refractivity contribution in [1.29, 1.82) is 0 Å². The fourth-order valence-electron chi connectivity index (χ4n) is 1.11. The summed E-state index contributed by atoms with van der Waals surface area (Å²) in [6, 6.07) is 0. The fraction of sp³-hybridized carbons (Fsp3) is 1.00. The molecule has 1 atom stereocenters. The number of hydrogen-bond donors (Lipinski definition) is 0. The third-order valence-corrected chi connectivity index (χ3v) is 3.99. The van der Waals surface area contributed by atoms with E-state index in [1.165, 1.54) is 18.6 Å². The first kappa shape index (κ1) is 14.3. The van der Waals surface area contributed by atoms with Crippen molar-refractivity contribution >= 4 is 11.8 Å². The molecule has 0 radical (unpaired) electrons. The van der Waals surface area contributed by atoms with Crippen LogP contribution < -0.4 is 0 Å². The Morgan fingerprint density at radius 1 is 1.36 bits per heavy atom. The Morgan fingerprint density at radius 3 is 2.00 bits per heavy atom. The lowest BCUT2D eigenvalue weighted by atomic mass is 10.2. The minimum atomic E-state index is -0.375. The highest BCUT2D eigenvalue weighted by atomic mass is 32.2. The topological polar surface area (TPSA) is 18.5 Å². The Balaban J connectivity index is 0.000000249. The third-order valence-electron chi connectivity index (χ3n) is 2.66. The summed E-state index contributed by atoms with van der Waals surface area (Å²) in [5.74, 6) is 1.03. The van der Waals surface area contributed by atoms with Gasteiger partial charge in [0.05, 0.1) is 0 Å². The van der Waals surface area contributed by atoms with E-state index in [1.807, 2.05) is 13.8 Å². The summed E-state index contributed by atoms with van der Waals surface area (Å²) in [5, 5.41) is 0.963. The van der Waals surface area contributed by atoms with Gasteiger partial charge in [-0.05, 0) is 31.9 Å². The van der Waals surface area contributed by atoms with Gasteiger partial charge in [-0.25, -0.2) is 0 Å². The highest BCUT2D eigenvalue weighted by Gasteiger charge is 2.18. The molecule has 0 aliphatic carbocycles. The Morgan fingerprint density at radius 2 is 1.93 bits per heavy atom. The van der Waals surface area contributed by atoms with E-state index in [9.17, 15) is 0 Å². The van der Waals surface area contributed by atoms with Gasteiger partial charge in [0, 0.05) is 19.5 Å². The molecule has 1 heterocycles. The lowest BCUT2D eigenvalue weighted by Crippen LogP contribution is -2.27. The van der Waals surface area contributed by atoms with Crippen molar-refractivity contribution in [1.82, 2.24) is 0 Å². The molecule has 14 heavy (non-hydrogen) atoms. The SMILES string of the molecule is CC1CCCS1.CCC(C)(OC)OC. The number of rotatable bonds is 3. The Bertz CT molecular complexity index is 121. The molecule has 0 aromatic carbocycles. The molecule has 1 unspecified atom stereocenters. The molecule has 1 saturated heterocycles. The van der Waals surface area contributed by atoms with Crippen molar-refractivity contribution in [2.45, 2.75) is 51.1 Å². The Hall–Kier alpha value is 0.270. The van der Waals surface area contributed by atoms with Gasteiger partial charge in [0.15, 0.2) is 5.79 Å². The maximum atomic E-state index is 5.01. The Labute approximate surface area is 92.7 Å². The largest absolute Gasteiger partial charge is 0.353 e. The lowest BCUT2D eigenvalue weighted by molar-refractivity contribution is -0.194. The van der Waals surface area contributed by atoms with Crippen molar-refractivity contribution in [2.75, 3.05) is 20.0 Å². The van der Waals surface area contributed by atoms with Crippen molar-refractivity contribution in [3.8, 4) is 0 Å². The third kappa shape index (κ3) is 5.89. The van der Waals surface area contributed by atoms with E-state index in [2.05, 4.69) is 18.7 Å². The molecule has 86 valence electrons. The summed E-state index contributed by atoms with van der Waals surface area (Å²) in [7, 11) is 3.29. The zero-order valence-electron chi connectivity index (χ0n) is 10.1. The predicted octanol–water partition coefficient (Wildman–Crippen LogP) is 3.31. The molecular formula is C11H24O2S. The monoisotopic (exact) mass is 220 g/mol. The second-order valence-electron chi connectivity index (χ2n) is 3.72. The first-order valence-electron chi connectivity index (χ1n) is 5.30. The highest BCUT2D eigenvalue weighted by molar-refractivity contribution is 8.00. The van der Waals surface area contributed by atoms with E-state index in [4.69, 9.17) is 9.47 Å². The van der Waals surface area contributed by atoms with E-state index >= 15 is 0 Å². The second kappa shape index (κ2) is 7.55. The molecule has 0 bridgehead atoms. The summed E-state index contributed by atoms with van der Waals surface area (Å²) >= 11 is 2.10. The van der Waals surface area contributed by atoms with Crippen LogP contribution in [0.2, 0.25) is 0 Å². The van der Waals surface area contributed by atoms with Crippen LogP contribution in [0.25, 0.3) is 0 Å². The average molecular weight is 220 g/mol. The van der Waals surface area contributed by atoms with Crippen molar-refractivity contribution in [3.63, 3.8) is 0 Å². The number of ether oxygens (including phenoxy) is 2. The maximum absolute atomic E-state index is 5.01. The predicted molar refractivity (Wildman–Crippen MR) is 63.9 cm³/mol. The average Bonchev–Trinajstić information content (AvgIpc) is 2.69. The van der Waals surface area contributed by atoms with Gasteiger partial charge in [0.25, 0.3) is 0 Å². The van der Waals surface area contributed by atoms with Crippen LogP contribution in [0.15, 0.2) is 0 Å². The van der Waals surface area contributed by atoms with Gasteiger partial charge in [-0.15, -0.1) is 0 Å². The molecule has 0 saturated carbocycles. The van der Waals surface area contributed by atoms with E-state index in [1.54, 1.807) is 14.2 Å². The van der Waals surface area contributed by atoms with Crippen molar-refractivity contribution in [2.24, 2.45) is 0 Å². The maximum Gasteiger partial charge on any atom is 0.164 e. The van der Waals surface area contributed by atoms with E-state index in [0.29, 0.717) is 0 Å². The highest BCUT2D eigenvalue weighted by Crippen LogP contribution is 2.24. The molecule has 1 fully saturated rings. The van der Waals surface area contributed by atoms with E-state index in [0.717, 1.165) is 11.7 Å². The van der Waals surface area contributed by atoms with Gasteiger partial charge in [-0.2, -0.15) is 11.8 Å². The molecular weight excluding hydrogens is 196 g/mol. The van der Waals surface area contributed by atoms with Crippen LogP contribution in [0.4, 0.5) is 0 Å². The smallest absolute Gasteiger partial charge is 0.164 e. The van der Waals surface area contributed by atoms with E-state index < -0.39 is 0 Å². The van der Waals surface area contributed by atoms with Crippen LogP contribution in [0.1, 0.15) is 40.0 Å². The summed E-state index contributed by atoms with van der Waals surface area (Å²) in [6.07, 6.45) is 3.77. The van der Waals surface area contributed by atoms with E-state index in [-0.39, 0.29) is 5.79 Å². The fourth-order valence-corrected chi connectivity index (χ4v) is 2.18. The van der Waals surface area contributed by atoms with Gasteiger partial charge >= 0.3 is 0 Å². The van der Waals surface area contributed by atoms with Gasteiger partial charge in [-0.1, -0.05) is 13.8 Å². The van der Waals surface area contributed by atoms with Crippen LogP contribution in [-0.4, -0.2) is 31.0 Å². The zero-order chi connectivity index (χ0) is 11.0. The van der Waals surface area contributed by atoms with Gasteiger partial charge < -0.3 is 9.47 Å². The first-order valence-corrected chi connectivity index (χ1v) is 6.34.